The Morgan fingerprint density at radius 2 is 2.00 bits per heavy atom. The summed E-state index contributed by atoms with van der Waals surface area (Å²) in [5.41, 5.74) is 6.70. The maximum absolute atomic E-state index is 5.59. The molecule has 2 N–H and O–H groups in total. The summed E-state index contributed by atoms with van der Waals surface area (Å²) in [6, 6.07) is 0. The highest BCUT2D eigenvalue weighted by molar-refractivity contribution is 5.48. The quantitative estimate of drug-likeness (QED) is 0.730. The third-order valence-corrected chi connectivity index (χ3v) is 2.62. The fourth-order valence-corrected chi connectivity index (χ4v) is 1.87. The fraction of sp³-hybridized carbons (Fsp3) is 0.600. The molecule has 1 aliphatic rings. The van der Waals surface area contributed by atoms with Crippen molar-refractivity contribution in [3.05, 3.63) is 11.8 Å². The van der Waals surface area contributed by atoms with Crippen LogP contribution >= 0.6 is 0 Å². The Morgan fingerprint density at radius 1 is 1.29 bits per heavy atom. The highest BCUT2D eigenvalue weighted by Crippen LogP contribution is 2.21. The number of hydrogen-bond acceptors (Lipinski definition) is 4. The van der Waals surface area contributed by atoms with Crippen molar-refractivity contribution in [1.82, 2.24) is 9.97 Å². The first-order valence-corrected chi connectivity index (χ1v) is 5.11. The van der Waals surface area contributed by atoms with Gasteiger partial charge >= 0.3 is 0 Å². The lowest BCUT2D eigenvalue weighted by Crippen LogP contribution is -2.31. The van der Waals surface area contributed by atoms with Crippen LogP contribution in [-0.2, 0) is 0 Å². The van der Waals surface area contributed by atoms with Crippen molar-refractivity contribution >= 4 is 11.8 Å². The Bertz CT molecular complexity index is 318. The summed E-state index contributed by atoms with van der Waals surface area (Å²) in [4.78, 5) is 10.6. The summed E-state index contributed by atoms with van der Waals surface area (Å²) in [6.45, 7) is 4.22. The number of nitrogens with zero attached hydrogens (tertiary/aromatic N) is 3. The molecule has 0 aromatic carbocycles. The van der Waals surface area contributed by atoms with Crippen LogP contribution in [0.3, 0.4) is 0 Å². The van der Waals surface area contributed by atoms with E-state index in [0.717, 1.165) is 24.5 Å². The van der Waals surface area contributed by atoms with Gasteiger partial charge in [-0.1, -0.05) is 0 Å². The van der Waals surface area contributed by atoms with Crippen LogP contribution in [0, 0.1) is 6.92 Å². The van der Waals surface area contributed by atoms with Crippen LogP contribution in [0.15, 0.2) is 6.20 Å². The minimum absolute atomic E-state index is 0.371. The monoisotopic (exact) mass is 192 g/mol. The van der Waals surface area contributed by atoms with Crippen molar-refractivity contribution in [2.24, 2.45) is 0 Å². The number of anilines is 2. The summed E-state index contributed by atoms with van der Waals surface area (Å²) < 4.78 is 0. The normalized spacial score (nSPS) is 17.1. The van der Waals surface area contributed by atoms with E-state index >= 15 is 0 Å². The maximum atomic E-state index is 5.59. The van der Waals surface area contributed by atoms with Gasteiger partial charge < -0.3 is 10.6 Å². The first kappa shape index (κ1) is 9.24. The van der Waals surface area contributed by atoms with E-state index in [2.05, 4.69) is 14.9 Å². The lowest BCUT2D eigenvalue weighted by Gasteiger charge is -2.28. The van der Waals surface area contributed by atoms with Gasteiger partial charge in [-0.25, -0.2) is 4.98 Å². The third-order valence-electron chi connectivity index (χ3n) is 2.62. The lowest BCUT2D eigenvalue weighted by atomic mass is 10.1. The molecule has 1 saturated heterocycles. The topological polar surface area (TPSA) is 55.0 Å². The van der Waals surface area contributed by atoms with Crippen molar-refractivity contribution < 1.29 is 0 Å². The van der Waals surface area contributed by atoms with Crippen LogP contribution in [-0.4, -0.2) is 23.1 Å². The second-order valence-electron chi connectivity index (χ2n) is 3.78. The molecule has 0 radical (unpaired) electrons. The van der Waals surface area contributed by atoms with Gasteiger partial charge in [0.1, 0.15) is 5.82 Å². The van der Waals surface area contributed by atoms with E-state index in [1.807, 2.05) is 6.92 Å². The molecule has 76 valence electrons. The first-order chi connectivity index (χ1) is 6.77. The molecule has 0 unspecified atom stereocenters. The average Bonchev–Trinajstić information content (AvgIpc) is 2.23. The smallest absolute Gasteiger partial charge is 0.221 e. The van der Waals surface area contributed by atoms with Gasteiger partial charge in [-0.05, 0) is 26.2 Å². The molecule has 14 heavy (non-hydrogen) atoms. The summed E-state index contributed by atoms with van der Waals surface area (Å²) in [5, 5.41) is 0. The van der Waals surface area contributed by atoms with Crippen LogP contribution in [0.25, 0.3) is 0 Å². The van der Waals surface area contributed by atoms with Crippen LogP contribution in [0.5, 0.6) is 0 Å². The molecule has 0 bridgehead atoms. The van der Waals surface area contributed by atoms with Crippen molar-refractivity contribution in [1.29, 1.82) is 0 Å². The molecule has 0 amide bonds. The van der Waals surface area contributed by atoms with Gasteiger partial charge in [0.05, 0.1) is 0 Å². The van der Waals surface area contributed by atoms with Gasteiger partial charge in [0, 0.05) is 24.8 Å². The Morgan fingerprint density at radius 3 is 2.71 bits per heavy atom. The van der Waals surface area contributed by atoms with Crippen LogP contribution in [0.4, 0.5) is 11.8 Å². The van der Waals surface area contributed by atoms with Crippen molar-refractivity contribution in [2.45, 2.75) is 26.2 Å². The largest absolute Gasteiger partial charge is 0.368 e. The lowest BCUT2D eigenvalue weighted by molar-refractivity contribution is 0.572. The predicted octanol–water partition coefficient (Wildman–Crippen LogP) is 1.36. The van der Waals surface area contributed by atoms with E-state index < -0.39 is 0 Å². The zero-order chi connectivity index (χ0) is 9.97. The molecular weight excluding hydrogens is 176 g/mol. The number of aryl methyl sites for hydroxylation is 1. The van der Waals surface area contributed by atoms with E-state index in [9.17, 15) is 0 Å². The van der Waals surface area contributed by atoms with Gasteiger partial charge in [-0.15, -0.1) is 0 Å². The van der Waals surface area contributed by atoms with Gasteiger partial charge in [0.25, 0.3) is 0 Å². The Kier molecular flexibility index (Phi) is 2.52. The fourth-order valence-electron chi connectivity index (χ4n) is 1.87. The molecule has 1 fully saturated rings. The molecule has 4 nitrogen and oxygen atoms in total. The molecule has 1 aromatic rings. The molecule has 0 aliphatic carbocycles. The molecular formula is C10H16N4. The Labute approximate surface area is 84.2 Å². The first-order valence-electron chi connectivity index (χ1n) is 5.11. The van der Waals surface area contributed by atoms with E-state index in [-0.39, 0.29) is 0 Å². The SMILES string of the molecule is Cc1cnc(N)nc1N1CCCCC1. The molecule has 0 spiro atoms. The minimum atomic E-state index is 0.371. The second-order valence-corrected chi connectivity index (χ2v) is 3.78. The number of aromatic nitrogens is 2. The van der Waals surface area contributed by atoms with Crippen LogP contribution < -0.4 is 10.6 Å². The van der Waals surface area contributed by atoms with E-state index in [1.165, 1.54) is 19.3 Å². The maximum Gasteiger partial charge on any atom is 0.221 e. The van der Waals surface area contributed by atoms with Gasteiger partial charge in [0.15, 0.2) is 0 Å². The number of piperidine rings is 1. The molecule has 1 aliphatic heterocycles. The summed E-state index contributed by atoms with van der Waals surface area (Å²) >= 11 is 0. The van der Waals surface area contributed by atoms with Gasteiger partial charge in [0.2, 0.25) is 5.95 Å². The standard InChI is InChI=1S/C10H16N4/c1-8-7-12-10(11)13-9(8)14-5-3-2-4-6-14/h7H,2-6H2,1H3,(H2,11,12,13). The summed E-state index contributed by atoms with van der Waals surface area (Å²) in [6.07, 6.45) is 5.63. The third kappa shape index (κ3) is 1.78. The van der Waals surface area contributed by atoms with Gasteiger partial charge in [-0.2, -0.15) is 4.98 Å². The van der Waals surface area contributed by atoms with E-state index in [1.54, 1.807) is 6.20 Å². The molecule has 2 rings (SSSR count). The highest BCUT2D eigenvalue weighted by Gasteiger charge is 2.14. The van der Waals surface area contributed by atoms with Crippen LogP contribution in [0.2, 0.25) is 0 Å². The van der Waals surface area contributed by atoms with Crippen molar-refractivity contribution in [3.63, 3.8) is 0 Å². The zero-order valence-electron chi connectivity index (χ0n) is 8.53. The number of hydrogen-bond donors (Lipinski definition) is 1. The van der Waals surface area contributed by atoms with Crippen molar-refractivity contribution in [2.75, 3.05) is 23.7 Å². The highest BCUT2D eigenvalue weighted by atomic mass is 15.2. The van der Waals surface area contributed by atoms with Crippen molar-refractivity contribution in [3.8, 4) is 0 Å². The average molecular weight is 192 g/mol. The molecule has 0 atom stereocenters. The Balaban J connectivity index is 2.24. The molecule has 0 saturated carbocycles. The van der Waals surface area contributed by atoms with Gasteiger partial charge in [-0.3, -0.25) is 0 Å². The van der Waals surface area contributed by atoms with E-state index in [0.29, 0.717) is 5.95 Å². The Hall–Kier alpha value is -1.32. The molecule has 4 heteroatoms. The van der Waals surface area contributed by atoms with Crippen LogP contribution in [0.1, 0.15) is 24.8 Å². The minimum Gasteiger partial charge on any atom is -0.368 e. The number of nitrogens with two attached hydrogens (primary N) is 1. The van der Waals surface area contributed by atoms with E-state index in [4.69, 9.17) is 5.73 Å². The molecule has 2 heterocycles. The summed E-state index contributed by atoms with van der Waals surface area (Å²) in [5.74, 6) is 1.38. The molecule has 1 aromatic heterocycles. The predicted molar refractivity (Wildman–Crippen MR) is 57.2 cm³/mol. The summed E-state index contributed by atoms with van der Waals surface area (Å²) in [7, 11) is 0. The number of rotatable bonds is 1. The number of nitrogen functional groups attached to an aromatic ring is 1. The zero-order valence-corrected chi connectivity index (χ0v) is 8.53. The second kappa shape index (κ2) is 3.82.